The molecule has 1 amide bonds. The molecule has 0 aromatic carbocycles. The first kappa shape index (κ1) is 25.6. The Kier molecular flexibility index (Phi) is 7.60. The smallest absolute Gasteiger partial charge is 0.270 e. The van der Waals surface area contributed by atoms with E-state index in [0.29, 0.717) is 35.2 Å². The number of aliphatic hydroxyl groups is 1. The van der Waals surface area contributed by atoms with Gasteiger partial charge in [-0.15, -0.1) is 11.8 Å². The van der Waals surface area contributed by atoms with E-state index in [2.05, 4.69) is 41.0 Å². The maximum Gasteiger partial charge on any atom is 0.270 e. The van der Waals surface area contributed by atoms with E-state index in [1.165, 1.54) is 0 Å². The molecule has 4 rings (SSSR count). The van der Waals surface area contributed by atoms with Gasteiger partial charge in [0.25, 0.3) is 5.91 Å². The fourth-order valence-corrected chi connectivity index (χ4v) is 4.72. The number of aliphatic hydroxyl groups excluding tert-OH is 1. The summed E-state index contributed by atoms with van der Waals surface area (Å²) in [5, 5.41) is 16.9. The number of nitrogens with zero attached hydrogens (tertiary/aromatic N) is 6. The normalized spacial score (nSPS) is 12.6. The highest BCUT2D eigenvalue weighted by Crippen LogP contribution is 2.39. The van der Waals surface area contributed by atoms with Crippen molar-refractivity contribution >= 4 is 23.3 Å². The van der Waals surface area contributed by atoms with Gasteiger partial charge in [0.2, 0.25) is 0 Å². The van der Waals surface area contributed by atoms with E-state index in [9.17, 15) is 9.90 Å². The van der Waals surface area contributed by atoms with Crippen molar-refractivity contribution in [3.05, 3.63) is 54.5 Å². The highest BCUT2D eigenvalue weighted by molar-refractivity contribution is 8.00. The molecule has 0 bridgehead atoms. The van der Waals surface area contributed by atoms with Crippen molar-refractivity contribution in [2.45, 2.75) is 56.8 Å². The molecule has 0 unspecified atom stereocenters. The van der Waals surface area contributed by atoms with Crippen LogP contribution < -0.4 is 10.1 Å². The molecule has 4 heterocycles. The molecule has 0 saturated carbocycles. The lowest BCUT2D eigenvalue weighted by molar-refractivity contribution is 0.0927. The number of rotatable bonds is 9. The number of carbonyl (C=O) groups is 1. The molecular weight excluding hydrogens is 478 g/mol. The molecule has 0 radical (unpaired) electrons. The summed E-state index contributed by atoms with van der Waals surface area (Å²) < 4.78 is 9.36. The molecule has 0 fully saturated rings. The summed E-state index contributed by atoms with van der Waals surface area (Å²) in [5.74, 6) is 0.955. The van der Waals surface area contributed by atoms with Gasteiger partial charge in [-0.1, -0.05) is 20.8 Å². The lowest BCUT2D eigenvalue weighted by atomic mass is 10.2. The van der Waals surface area contributed by atoms with Gasteiger partial charge in [0.1, 0.15) is 35.2 Å². The second-order valence-electron chi connectivity index (χ2n) is 9.19. The molecule has 4 aromatic heterocycles. The minimum absolute atomic E-state index is 0.0556. The lowest BCUT2D eigenvalue weighted by Crippen LogP contribution is -2.29. The first-order valence-electron chi connectivity index (χ1n) is 11.8. The number of aryl methyl sites for hydroxylation is 1. The fraction of sp³-hybridized carbons (Fsp3) is 0.400. The van der Waals surface area contributed by atoms with Gasteiger partial charge < -0.3 is 15.2 Å². The molecule has 4 aromatic rings. The highest BCUT2D eigenvalue weighted by Gasteiger charge is 2.22. The molecule has 36 heavy (non-hydrogen) atoms. The number of thioether (sulfide) groups is 1. The van der Waals surface area contributed by atoms with Crippen molar-refractivity contribution in [2.24, 2.45) is 0 Å². The van der Waals surface area contributed by atoms with Crippen LogP contribution in [0.5, 0.6) is 5.75 Å². The molecule has 2 N–H and O–H groups in total. The van der Waals surface area contributed by atoms with Gasteiger partial charge in [0.15, 0.2) is 0 Å². The molecule has 0 saturated heterocycles. The monoisotopic (exact) mass is 509 g/mol. The van der Waals surface area contributed by atoms with E-state index < -0.39 is 0 Å². The molecule has 190 valence electrons. The Labute approximate surface area is 214 Å². The van der Waals surface area contributed by atoms with E-state index in [1.807, 2.05) is 30.5 Å². The van der Waals surface area contributed by atoms with Crippen molar-refractivity contribution < 1.29 is 14.6 Å². The Balaban J connectivity index is 1.69. The van der Waals surface area contributed by atoms with Crippen molar-refractivity contribution in [2.75, 3.05) is 13.2 Å². The second kappa shape index (κ2) is 10.7. The van der Waals surface area contributed by atoms with Gasteiger partial charge >= 0.3 is 0 Å². The maximum absolute atomic E-state index is 13.1. The van der Waals surface area contributed by atoms with Gasteiger partial charge in [-0.3, -0.25) is 13.9 Å². The fourth-order valence-electron chi connectivity index (χ4n) is 3.69. The third kappa shape index (κ3) is 5.68. The Bertz CT molecular complexity index is 1350. The number of nitrogens with one attached hydrogen (secondary N) is 1. The number of amides is 1. The van der Waals surface area contributed by atoms with Crippen LogP contribution in [0.2, 0.25) is 0 Å². The number of aromatic nitrogens is 6. The summed E-state index contributed by atoms with van der Waals surface area (Å²) in [7, 11) is 0. The number of fused-ring (bicyclic) bond motifs is 1. The Hall–Kier alpha value is -3.44. The van der Waals surface area contributed by atoms with E-state index >= 15 is 0 Å². The number of imidazole rings is 1. The molecule has 0 aliphatic rings. The SMILES string of the molecule is CCn1nc(-c2cnc3cc(OCCO)c(SC(C)(C)C)cn23)cc1C(=O)N[C@H](C)c1ncccn1. The van der Waals surface area contributed by atoms with Crippen molar-refractivity contribution in [1.82, 2.24) is 34.4 Å². The summed E-state index contributed by atoms with van der Waals surface area (Å²) in [4.78, 5) is 27.0. The molecule has 0 spiro atoms. The molecule has 0 aliphatic heterocycles. The molecule has 1 atom stereocenters. The van der Waals surface area contributed by atoms with E-state index in [0.717, 1.165) is 10.6 Å². The van der Waals surface area contributed by atoms with E-state index in [-0.39, 0.29) is 29.9 Å². The number of hydrogen-bond acceptors (Lipinski definition) is 8. The van der Waals surface area contributed by atoms with Crippen LogP contribution in [-0.4, -0.2) is 58.1 Å². The third-order valence-electron chi connectivity index (χ3n) is 5.24. The largest absolute Gasteiger partial charge is 0.490 e. The summed E-state index contributed by atoms with van der Waals surface area (Å²) in [6.07, 6.45) is 7.01. The Morgan fingerprint density at radius 1 is 1.22 bits per heavy atom. The number of ether oxygens (including phenoxy) is 1. The molecular formula is C25H31N7O3S. The van der Waals surface area contributed by atoms with Crippen LogP contribution >= 0.6 is 11.8 Å². The van der Waals surface area contributed by atoms with Crippen molar-refractivity contribution in [3.8, 4) is 17.1 Å². The predicted molar refractivity (Wildman–Crippen MR) is 138 cm³/mol. The van der Waals surface area contributed by atoms with Crippen molar-refractivity contribution in [1.29, 1.82) is 0 Å². The number of hydrogen-bond donors (Lipinski definition) is 2. The van der Waals surface area contributed by atoms with Gasteiger partial charge in [0, 0.05) is 35.9 Å². The maximum atomic E-state index is 13.1. The standard InChI is InChI=1S/C25H31N7O3S/c1-6-32-18(24(34)29-16(2)23-26-8-7-9-27-23)12-17(30-32)19-14-28-22-13-20(35-11-10-33)21(15-31(19)22)36-25(3,4)5/h7-9,12-16,33H,6,10-11H2,1-5H3,(H,29,34)/t16-/m1/s1. The van der Waals surface area contributed by atoms with E-state index in [1.54, 1.807) is 47.2 Å². The zero-order chi connectivity index (χ0) is 25.9. The van der Waals surface area contributed by atoms with Gasteiger partial charge in [0.05, 0.1) is 29.4 Å². The van der Waals surface area contributed by atoms with Gasteiger partial charge in [-0.25, -0.2) is 15.0 Å². The lowest BCUT2D eigenvalue weighted by Gasteiger charge is -2.20. The summed E-state index contributed by atoms with van der Waals surface area (Å²) >= 11 is 1.67. The summed E-state index contributed by atoms with van der Waals surface area (Å²) in [5.41, 5.74) is 2.52. The third-order valence-corrected chi connectivity index (χ3v) is 6.37. The first-order valence-corrected chi connectivity index (χ1v) is 12.6. The van der Waals surface area contributed by atoms with Crippen LogP contribution in [-0.2, 0) is 6.54 Å². The van der Waals surface area contributed by atoms with Crippen LogP contribution in [0.15, 0.2) is 47.9 Å². The average Bonchev–Trinajstić information content (AvgIpc) is 3.45. The molecule has 11 heteroatoms. The number of pyridine rings is 1. The van der Waals surface area contributed by atoms with Crippen LogP contribution in [0.1, 0.15) is 57.0 Å². The van der Waals surface area contributed by atoms with Crippen LogP contribution in [0, 0.1) is 0 Å². The van der Waals surface area contributed by atoms with Gasteiger partial charge in [-0.05, 0) is 26.0 Å². The van der Waals surface area contributed by atoms with E-state index in [4.69, 9.17) is 9.84 Å². The zero-order valence-corrected chi connectivity index (χ0v) is 21.9. The van der Waals surface area contributed by atoms with Crippen molar-refractivity contribution in [3.63, 3.8) is 0 Å². The minimum Gasteiger partial charge on any atom is -0.490 e. The molecule has 0 aliphatic carbocycles. The minimum atomic E-state index is -0.354. The summed E-state index contributed by atoms with van der Waals surface area (Å²) in [6.45, 7) is 10.8. The zero-order valence-electron chi connectivity index (χ0n) is 21.1. The highest BCUT2D eigenvalue weighted by atomic mass is 32.2. The number of carbonyl (C=O) groups excluding carboxylic acids is 1. The second-order valence-corrected chi connectivity index (χ2v) is 11.1. The first-order chi connectivity index (χ1) is 17.2. The quantitative estimate of drug-likeness (QED) is 0.327. The topological polar surface area (TPSA) is 119 Å². The average molecular weight is 510 g/mol. The Morgan fingerprint density at radius 2 is 1.97 bits per heavy atom. The van der Waals surface area contributed by atoms with Crippen LogP contribution in [0.3, 0.4) is 0 Å². The Morgan fingerprint density at radius 3 is 2.64 bits per heavy atom. The van der Waals surface area contributed by atoms with Crippen LogP contribution in [0.25, 0.3) is 17.0 Å². The predicted octanol–water partition coefficient (Wildman–Crippen LogP) is 3.76. The van der Waals surface area contributed by atoms with Gasteiger partial charge in [-0.2, -0.15) is 5.10 Å². The van der Waals surface area contributed by atoms with Crippen LogP contribution in [0.4, 0.5) is 0 Å². The summed E-state index contributed by atoms with van der Waals surface area (Å²) in [6, 6.07) is 5.01. The molecule has 10 nitrogen and oxygen atoms in total.